The Hall–Kier alpha value is -1.84. The molecule has 0 saturated carbocycles. The summed E-state index contributed by atoms with van der Waals surface area (Å²) in [6.45, 7) is 4.53. The van der Waals surface area contributed by atoms with Crippen LogP contribution in [0.1, 0.15) is 33.1 Å². The molecular formula is C16H28N4O5S. The summed E-state index contributed by atoms with van der Waals surface area (Å²) in [5.41, 5.74) is 5.31. The third-order valence-corrected chi connectivity index (χ3v) is 6.76. The van der Waals surface area contributed by atoms with Gasteiger partial charge in [0.2, 0.25) is 11.8 Å². The van der Waals surface area contributed by atoms with Gasteiger partial charge in [0, 0.05) is 25.0 Å². The molecule has 2 atom stereocenters. The highest BCUT2D eigenvalue weighted by Gasteiger charge is 2.34. The fourth-order valence-corrected chi connectivity index (χ4v) is 5.05. The number of primary amides is 1. The predicted molar refractivity (Wildman–Crippen MR) is 95.9 cm³/mol. The summed E-state index contributed by atoms with van der Waals surface area (Å²) in [4.78, 5) is 37.9. The molecule has 0 bridgehead atoms. The quantitative estimate of drug-likeness (QED) is 0.567. The predicted octanol–water partition coefficient (Wildman–Crippen LogP) is -0.779. The second kappa shape index (κ2) is 8.24. The van der Waals surface area contributed by atoms with E-state index in [1.807, 2.05) is 13.8 Å². The normalized spacial score (nSPS) is 24.3. The number of piperidine rings is 1. The van der Waals surface area contributed by atoms with Crippen molar-refractivity contribution in [2.75, 3.05) is 24.6 Å². The maximum atomic E-state index is 12.8. The molecule has 2 aliphatic rings. The average molecular weight is 388 g/mol. The first kappa shape index (κ1) is 20.5. The lowest BCUT2D eigenvalue weighted by molar-refractivity contribution is -0.137. The fraction of sp³-hybridized carbons (Fsp3) is 0.812. The van der Waals surface area contributed by atoms with Gasteiger partial charge in [-0.2, -0.15) is 0 Å². The highest BCUT2D eigenvalue weighted by molar-refractivity contribution is 7.91. The molecule has 4 amide bonds. The number of likely N-dealkylation sites (tertiary alicyclic amines) is 1. The summed E-state index contributed by atoms with van der Waals surface area (Å²) in [6.07, 6.45) is 1.44. The number of nitrogens with zero attached hydrogens (tertiary/aromatic N) is 1. The number of hydrogen-bond donors (Lipinski definition) is 3. The van der Waals surface area contributed by atoms with Gasteiger partial charge in [-0.25, -0.2) is 13.2 Å². The minimum absolute atomic E-state index is 0.0681. The number of rotatable bonds is 5. The van der Waals surface area contributed by atoms with Crippen molar-refractivity contribution in [3.63, 3.8) is 0 Å². The molecule has 0 aromatic carbocycles. The zero-order valence-electron chi connectivity index (χ0n) is 15.2. The largest absolute Gasteiger partial charge is 0.369 e. The molecule has 26 heavy (non-hydrogen) atoms. The highest BCUT2D eigenvalue weighted by atomic mass is 32.2. The zero-order chi connectivity index (χ0) is 19.5. The van der Waals surface area contributed by atoms with Gasteiger partial charge in [0.25, 0.3) is 0 Å². The van der Waals surface area contributed by atoms with Gasteiger partial charge in [-0.15, -0.1) is 0 Å². The van der Waals surface area contributed by atoms with E-state index < -0.39 is 28.0 Å². The molecule has 2 fully saturated rings. The first-order valence-electron chi connectivity index (χ1n) is 8.94. The molecule has 0 radical (unpaired) electrons. The maximum Gasteiger partial charge on any atom is 0.315 e. The monoisotopic (exact) mass is 388 g/mol. The lowest BCUT2D eigenvalue weighted by Crippen LogP contribution is -2.56. The van der Waals surface area contributed by atoms with Crippen molar-refractivity contribution < 1.29 is 22.8 Å². The summed E-state index contributed by atoms with van der Waals surface area (Å²) in [6, 6.07) is -1.67. The number of sulfone groups is 1. The van der Waals surface area contributed by atoms with Crippen LogP contribution in [0.4, 0.5) is 4.79 Å². The molecule has 4 N–H and O–H groups in total. The van der Waals surface area contributed by atoms with Crippen LogP contribution >= 0.6 is 0 Å². The fourth-order valence-electron chi connectivity index (χ4n) is 3.37. The topological polar surface area (TPSA) is 139 Å². The van der Waals surface area contributed by atoms with Gasteiger partial charge in [-0.05, 0) is 25.2 Å². The van der Waals surface area contributed by atoms with Crippen molar-refractivity contribution >= 4 is 27.7 Å². The Morgan fingerprint density at radius 2 is 1.73 bits per heavy atom. The molecule has 148 valence electrons. The van der Waals surface area contributed by atoms with Crippen LogP contribution in [-0.2, 0) is 19.4 Å². The Bertz CT molecular complexity index is 656. The van der Waals surface area contributed by atoms with E-state index in [1.54, 1.807) is 4.90 Å². The summed E-state index contributed by atoms with van der Waals surface area (Å²) >= 11 is 0. The molecule has 10 heteroatoms. The van der Waals surface area contributed by atoms with Crippen molar-refractivity contribution in [3.05, 3.63) is 0 Å². The van der Waals surface area contributed by atoms with Gasteiger partial charge >= 0.3 is 6.03 Å². The third-order valence-electron chi connectivity index (χ3n) is 5.00. The number of carbonyl (C=O) groups is 3. The Morgan fingerprint density at radius 3 is 2.19 bits per heavy atom. The van der Waals surface area contributed by atoms with E-state index >= 15 is 0 Å². The van der Waals surface area contributed by atoms with E-state index in [4.69, 9.17) is 5.73 Å². The first-order valence-corrected chi connectivity index (χ1v) is 10.8. The van der Waals surface area contributed by atoms with Crippen LogP contribution in [0.5, 0.6) is 0 Å². The Labute approximate surface area is 154 Å². The van der Waals surface area contributed by atoms with Crippen molar-refractivity contribution in [3.8, 4) is 0 Å². The Kier molecular flexibility index (Phi) is 6.48. The SMILES string of the molecule is CC(C)[C@H](NC(=O)NC1CCS(=O)(=O)C1)C(=O)N1CCC(C(N)=O)CC1. The van der Waals surface area contributed by atoms with Crippen molar-refractivity contribution in [1.29, 1.82) is 0 Å². The van der Waals surface area contributed by atoms with Crippen LogP contribution in [0.3, 0.4) is 0 Å². The van der Waals surface area contributed by atoms with E-state index in [0.29, 0.717) is 32.4 Å². The molecule has 2 saturated heterocycles. The Balaban J connectivity index is 1.90. The molecule has 1 unspecified atom stereocenters. The Morgan fingerprint density at radius 1 is 1.12 bits per heavy atom. The lowest BCUT2D eigenvalue weighted by Gasteiger charge is -2.34. The van der Waals surface area contributed by atoms with Crippen molar-refractivity contribution in [1.82, 2.24) is 15.5 Å². The van der Waals surface area contributed by atoms with E-state index in [1.165, 1.54) is 0 Å². The van der Waals surface area contributed by atoms with E-state index in [-0.39, 0.29) is 35.2 Å². The van der Waals surface area contributed by atoms with Gasteiger partial charge in [0.15, 0.2) is 9.84 Å². The number of nitrogens with two attached hydrogens (primary N) is 1. The van der Waals surface area contributed by atoms with E-state index in [0.717, 1.165) is 0 Å². The molecular weight excluding hydrogens is 360 g/mol. The molecule has 0 aromatic rings. The van der Waals surface area contributed by atoms with Crippen molar-refractivity contribution in [2.24, 2.45) is 17.6 Å². The summed E-state index contributed by atoms with van der Waals surface area (Å²) < 4.78 is 23.0. The number of hydrogen-bond acceptors (Lipinski definition) is 5. The molecule has 0 aromatic heterocycles. The van der Waals surface area contributed by atoms with Gasteiger partial charge in [-0.3, -0.25) is 9.59 Å². The number of amides is 4. The third kappa shape index (κ3) is 5.33. The molecule has 2 aliphatic heterocycles. The smallest absolute Gasteiger partial charge is 0.315 e. The second-order valence-corrected chi connectivity index (χ2v) is 9.67. The van der Waals surface area contributed by atoms with E-state index in [2.05, 4.69) is 10.6 Å². The second-order valence-electron chi connectivity index (χ2n) is 7.44. The van der Waals surface area contributed by atoms with Gasteiger partial charge in [0.1, 0.15) is 6.04 Å². The molecule has 2 heterocycles. The zero-order valence-corrected chi connectivity index (χ0v) is 16.0. The number of urea groups is 1. The molecule has 2 rings (SSSR count). The van der Waals surface area contributed by atoms with Crippen LogP contribution in [0.15, 0.2) is 0 Å². The summed E-state index contributed by atoms with van der Waals surface area (Å²) in [5, 5.41) is 5.31. The van der Waals surface area contributed by atoms with Gasteiger partial charge < -0.3 is 21.3 Å². The van der Waals surface area contributed by atoms with Crippen molar-refractivity contribution in [2.45, 2.75) is 45.2 Å². The molecule has 9 nitrogen and oxygen atoms in total. The van der Waals surface area contributed by atoms with Crippen LogP contribution in [0.25, 0.3) is 0 Å². The van der Waals surface area contributed by atoms with Gasteiger partial charge in [-0.1, -0.05) is 13.8 Å². The average Bonchev–Trinajstić information content (AvgIpc) is 2.90. The maximum absolute atomic E-state index is 12.8. The standard InChI is InChI=1S/C16H28N4O5S/c1-10(2)13(15(22)20-6-3-11(4-7-20)14(17)21)19-16(23)18-12-5-8-26(24,25)9-12/h10-13H,3-9H2,1-2H3,(H2,17,21)(H2,18,19,23)/t12?,13-/m0/s1. The minimum Gasteiger partial charge on any atom is -0.369 e. The lowest BCUT2D eigenvalue weighted by atomic mass is 9.94. The highest BCUT2D eigenvalue weighted by Crippen LogP contribution is 2.19. The van der Waals surface area contributed by atoms with E-state index in [9.17, 15) is 22.8 Å². The number of nitrogens with one attached hydrogen (secondary N) is 2. The summed E-state index contributed by atoms with van der Waals surface area (Å²) in [7, 11) is -3.09. The molecule has 0 spiro atoms. The van der Waals surface area contributed by atoms with Crippen LogP contribution in [-0.4, -0.2) is 67.8 Å². The number of carbonyl (C=O) groups excluding carboxylic acids is 3. The van der Waals surface area contributed by atoms with Gasteiger partial charge in [0.05, 0.1) is 11.5 Å². The minimum atomic E-state index is -3.09. The van der Waals surface area contributed by atoms with Crippen LogP contribution in [0, 0.1) is 11.8 Å². The van der Waals surface area contributed by atoms with Crippen LogP contribution in [0.2, 0.25) is 0 Å². The van der Waals surface area contributed by atoms with Crippen LogP contribution < -0.4 is 16.4 Å². The first-order chi connectivity index (χ1) is 12.1. The summed E-state index contributed by atoms with van der Waals surface area (Å²) in [5.74, 6) is -0.883. The molecule has 0 aliphatic carbocycles.